The molecule has 0 N–H and O–H groups in total. The number of aromatic nitrogens is 1. The summed E-state index contributed by atoms with van der Waals surface area (Å²) in [6, 6.07) is 12.3. The van der Waals surface area contributed by atoms with Gasteiger partial charge in [-0.15, -0.1) is 0 Å². The standard InChI is InChI=1S/C22H29NO/c1-2-3-4-5-6-7-8-19-24-22-13-11-20(12-14-22)9-10-21-15-17-23-18-16-21/h9-18H,2-8,19H2,1H3/b10-9+. The summed E-state index contributed by atoms with van der Waals surface area (Å²) in [5.41, 5.74) is 2.33. The van der Waals surface area contributed by atoms with Gasteiger partial charge in [0.15, 0.2) is 0 Å². The van der Waals surface area contributed by atoms with Gasteiger partial charge in [0.05, 0.1) is 6.61 Å². The first-order valence-electron chi connectivity index (χ1n) is 9.19. The SMILES string of the molecule is CCCCCCCCCOc1ccc(/C=C/c2ccncc2)cc1. The fourth-order valence-electron chi connectivity index (χ4n) is 2.59. The van der Waals surface area contributed by atoms with Crippen LogP contribution in [0.25, 0.3) is 12.2 Å². The Balaban J connectivity index is 1.64. The third kappa shape index (κ3) is 7.45. The van der Waals surface area contributed by atoms with E-state index in [1.807, 2.05) is 24.3 Å². The molecule has 2 rings (SSSR count). The van der Waals surface area contributed by atoms with Gasteiger partial charge in [0.25, 0.3) is 0 Å². The summed E-state index contributed by atoms with van der Waals surface area (Å²) < 4.78 is 5.82. The molecule has 0 saturated carbocycles. The van der Waals surface area contributed by atoms with E-state index in [4.69, 9.17) is 4.74 Å². The Hall–Kier alpha value is -2.09. The molecule has 128 valence electrons. The monoisotopic (exact) mass is 323 g/mol. The second kappa shape index (κ2) is 11.4. The van der Waals surface area contributed by atoms with E-state index in [0.717, 1.165) is 24.3 Å². The summed E-state index contributed by atoms with van der Waals surface area (Å²) in [6.07, 6.45) is 17.0. The average Bonchev–Trinajstić information content (AvgIpc) is 2.64. The number of rotatable bonds is 11. The molecule has 0 amide bonds. The molecule has 0 aliphatic heterocycles. The van der Waals surface area contributed by atoms with Crippen molar-refractivity contribution in [1.29, 1.82) is 0 Å². The molecule has 0 spiro atoms. The zero-order valence-electron chi connectivity index (χ0n) is 14.8. The molecule has 1 aromatic carbocycles. The Kier molecular flexibility index (Phi) is 8.70. The number of hydrogen-bond acceptors (Lipinski definition) is 2. The summed E-state index contributed by atoms with van der Waals surface area (Å²) in [7, 11) is 0. The van der Waals surface area contributed by atoms with Crippen molar-refractivity contribution in [3.8, 4) is 5.75 Å². The van der Waals surface area contributed by atoms with Gasteiger partial charge in [-0.25, -0.2) is 0 Å². The van der Waals surface area contributed by atoms with Crippen LogP contribution in [0.3, 0.4) is 0 Å². The fourth-order valence-corrected chi connectivity index (χ4v) is 2.59. The largest absolute Gasteiger partial charge is 0.494 e. The molecule has 0 radical (unpaired) electrons. The van der Waals surface area contributed by atoms with Crippen molar-refractivity contribution < 1.29 is 4.74 Å². The van der Waals surface area contributed by atoms with E-state index < -0.39 is 0 Å². The van der Waals surface area contributed by atoms with Crippen LogP contribution in [0.5, 0.6) is 5.75 Å². The molecule has 0 saturated heterocycles. The highest BCUT2D eigenvalue weighted by Crippen LogP contribution is 2.15. The molecule has 0 fully saturated rings. The maximum Gasteiger partial charge on any atom is 0.119 e. The summed E-state index contributed by atoms with van der Waals surface area (Å²) in [4.78, 5) is 4.02. The minimum atomic E-state index is 0.819. The maximum atomic E-state index is 5.82. The van der Waals surface area contributed by atoms with Crippen LogP contribution in [0.4, 0.5) is 0 Å². The lowest BCUT2D eigenvalue weighted by atomic mass is 10.1. The second-order valence-corrected chi connectivity index (χ2v) is 6.15. The van der Waals surface area contributed by atoms with Crippen LogP contribution in [0, 0.1) is 0 Å². The predicted molar refractivity (Wildman–Crippen MR) is 103 cm³/mol. The van der Waals surface area contributed by atoms with Gasteiger partial charge in [-0.2, -0.15) is 0 Å². The molecule has 2 heteroatoms. The lowest BCUT2D eigenvalue weighted by molar-refractivity contribution is 0.304. The van der Waals surface area contributed by atoms with Gasteiger partial charge in [0.1, 0.15) is 5.75 Å². The second-order valence-electron chi connectivity index (χ2n) is 6.15. The van der Waals surface area contributed by atoms with Crippen molar-refractivity contribution in [3.63, 3.8) is 0 Å². The van der Waals surface area contributed by atoms with Crippen molar-refractivity contribution in [2.45, 2.75) is 51.9 Å². The molecule has 0 atom stereocenters. The quantitative estimate of drug-likeness (QED) is 0.447. The Labute approximate surface area is 146 Å². The van der Waals surface area contributed by atoms with E-state index in [-0.39, 0.29) is 0 Å². The van der Waals surface area contributed by atoms with Gasteiger partial charge in [0.2, 0.25) is 0 Å². The number of unbranched alkanes of at least 4 members (excludes halogenated alkanes) is 6. The van der Waals surface area contributed by atoms with Gasteiger partial charge in [-0.3, -0.25) is 4.98 Å². The highest BCUT2D eigenvalue weighted by Gasteiger charge is 1.95. The van der Waals surface area contributed by atoms with E-state index in [9.17, 15) is 0 Å². The van der Waals surface area contributed by atoms with Crippen molar-refractivity contribution in [2.24, 2.45) is 0 Å². The summed E-state index contributed by atoms with van der Waals surface area (Å²) in [5.74, 6) is 0.960. The molecule has 1 aromatic heterocycles. The van der Waals surface area contributed by atoms with Crippen LogP contribution >= 0.6 is 0 Å². The molecule has 0 unspecified atom stereocenters. The van der Waals surface area contributed by atoms with Crippen LogP contribution in [0.15, 0.2) is 48.8 Å². The van der Waals surface area contributed by atoms with E-state index in [1.54, 1.807) is 12.4 Å². The molecule has 0 aliphatic carbocycles. The minimum Gasteiger partial charge on any atom is -0.494 e. The molecule has 0 bridgehead atoms. The van der Waals surface area contributed by atoms with Crippen molar-refractivity contribution in [2.75, 3.05) is 6.61 Å². The van der Waals surface area contributed by atoms with E-state index in [0.29, 0.717) is 0 Å². The van der Waals surface area contributed by atoms with Crippen molar-refractivity contribution in [1.82, 2.24) is 4.98 Å². The van der Waals surface area contributed by atoms with Crippen LogP contribution in [-0.4, -0.2) is 11.6 Å². The maximum absolute atomic E-state index is 5.82. The first-order valence-corrected chi connectivity index (χ1v) is 9.19. The number of pyridine rings is 1. The van der Waals surface area contributed by atoms with Crippen molar-refractivity contribution >= 4 is 12.2 Å². The Morgan fingerprint density at radius 2 is 1.33 bits per heavy atom. The molecule has 1 heterocycles. The van der Waals surface area contributed by atoms with Gasteiger partial charge in [-0.1, -0.05) is 69.7 Å². The van der Waals surface area contributed by atoms with Gasteiger partial charge in [0, 0.05) is 12.4 Å². The van der Waals surface area contributed by atoms with Gasteiger partial charge < -0.3 is 4.74 Å². The van der Waals surface area contributed by atoms with E-state index in [2.05, 4.69) is 36.2 Å². The van der Waals surface area contributed by atoms with Crippen LogP contribution in [0.2, 0.25) is 0 Å². The molecule has 2 nitrogen and oxygen atoms in total. The fraction of sp³-hybridized carbons (Fsp3) is 0.409. The Morgan fingerprint density at radius 1 is 0.750 bits per heavy atom. The third-order valence-corrected chi connectivity index (χ3v) is 4.07. The summed E-state index contributed by atoms with van der Waals surface area (Å²) in [5, 5.41) is 0. The molecular formula is C22H29NO. The van der Waals surface area contributed by atoms with Crippen LogP contribution in [-0.2, 0) is 0 Å². The molecule has 24 heavy (non-hydrogen) atoms. The molecular weight excluding hydrogens is 294 g/mol. The first kappa shape index (κ1) is 18.3. The van der Waals surface area contributed by atoms with Gasteiger partial charge in [-0.05, 0) is 41.8 Å². The predicted octanol–water partition coefficient (Wildman–Crippen LogP) is 6.38. The van der Waals surface area contributed by atoms with Crippen LogP contribution < -0.4 is 4.74 Å². The minimum absolute atomic E-state index is 0.819. The average molecular weight is 323 g/mol. The highest BCUT2D eigenvalue weighted by atomic mass is 16.5. The zero-order chi connectivity index (χ0) is 16.9. The third-order valence-electron chi connectivity index (χ3n) is 4.07. The zero-order valence-corrected chi connectivity index (χ0v) is 14.8. The lowest BCUT2D eigenvalue weighted by Crippen LogP contribution is -1.97. The number of ether oxygens (including phenoxy) is 1. The Bertz CT molecular complexity index is 575. The van der Waals surface area contributed by atoms with E-state index in [1.165, 1.54) is 44.1 Å². The van der Waals surface area contributed by atoms with Crippen LogP contribution in [0.1, 0.15) is 63.0 Å². The number of hydrogen-bond donors (Lipinski definition) is 0. The van der Waals surface area contributed by atoms with Gasteiger partial charge >= 0.3 is 0 Å². The first-order chi connectivity index (χ1) is 11.9. The highest BCUT2D eigenvalue weighted by molar-refractivity contribution is 5.69. The lowest BCUT2D eigenvalue weighted by Gasteiger charge is -2.06. The number of benzene rings is 1. The normalized spacial score (nSPS) is 11.0. The Morgan fingerprint density at radius 3 is 2.00 bits per heavy atom. The number of nitrogens with zero attached hydrogens (tertiary/aromatic N) is 1. The molecule has 2 aromatic rings. The topological polar surface area (TPSA) is 22.1 Å². The van der Waals surface area contributed by atoms with E-state index >= 15 is 0 Å². The van der Waals surface area contributed by atoms with Crippen molar-refractivity contribution in [3.05, 3.63) is 59.9 Å². The smallest absolute Gasteiger partial charge is 0.119 e. The summed E-state index contributed by atoms with van der Waals surface area (Å²) >= 11 is 0. The summed E-state index contributed by atoms with van der Waals surface area (Å²) in [6.45, 7) is 3.08. The molecule has 0 aliphatic rings.